The molecule has 3 amide bonds. The maximum Gasteiger partial charge on any atom is 0.314 e. The molecule has 0 atom stereocenters. The third-order valence-corrected chi connectivity index (χ3v) is 3.98. The van der Waals surface area contributed by atoms with Gasteiger partial charge in [0.2, 0.25) is 5.91 Å². The van der Waals surface area contributed by atoms with Crippen molar-refractivity contribution in [2.75, 3.05) is 26.5 Å². The normalized spacial score (nSPS) is 13.9. The van der Waals surface area contributed by atoms with E-state index in [9.17, 15) is 14.4 Å². The lowest BCUT2D eigenvalue weighted by atomic mass is 9.88. The number of pyridine rings is 1. The summed E-state index contributed by atoms with van der Waals surface area (Å²) in [5, 5.41) is 4.58. The van der Waals surface area contributed by atoms with Crippen LogP contribution in [0.3, 0.4) is 0 Å². The average molecular weight is 348 g/mol. The highest BCUT2D eigenvalue weighted by Crippen LogP contribution is 2.24. The van der Waals surface area contributed by atoms with Crippen molar-refractivity contribution in [2.24, 2.45) is 5.92 Å². The molecule has 1 aromatic heterocycles. The highest BCUT2D eigenvalue weighted by molar-refractivity contribution is 6.39. The Hall–Kier alpha value is -2.44. The second kappa shape index (κ2) is 10.4. The summed E-state index contributed by atoms with van der Waals surface area (Å²) in [5.74, 6) is -0.385. The van der Waals surface area contributed by atoms with Crippen molar-refractivity contribution in [3.05, 3.63) is 23.9 Å². The number of nitrogens with zero attached hydrogens (tertiary/aromatic N) is 2. The fourth-order valence-electron chi connectivity index (χ4n) is 2.54. The lowest BCUT2D eigenvalue weighted by Gasteiger charge is -2.23. The Kier molecular flexibility index (Phi) is 8.60. The first-order valence-corrected chi connectivity index (χ1v) is 8.52. The minimum atomic E-state index is -0.719. The fraction of sp³-hybridized carbons (Fsp3) is 0.556. The lowest BCUT2D eigenvalue weighted by Crippen LogP contribution is -2.32. The van der Waals surface area contributed by atoms with Gasteiger partial charge in [-0.05, 0) is 31.4 Å². The molecule has 0 bridgehead atoms. The van der Waals surface area contributed by atoms with E-state index in [2.05, 4.69) is 15.6 Å². The first-order valence-electron chi connectivity index (χ1n) is 8.52. The van der Waals surface area contributed by atoms with Gasteiger partial charge in [0.1, 0.15) is 5.82 Å². The van der Waals surface area contributed by atoms with E-state index in [1.807, 2.05) is 21.0 Å². The molecule has 0 spiro atoms. The summed E-state index contributed by atoms with van der Waals surface area (Å²) >= 11 is 0. The summed E-state index contributed by atoms with van der Waals surface area (Å²) in [5.41, 5.74) is 0.989. The molecule has 0 unspecified atom stereocenters. The molecule has 7 heteroatoms. The summed E-state index contributed by atoms with van der Waals surface area (Å²) in [6.07, 6.45) is 7.62. The fourth-order valence-corrected chi connectivity index (χ4v) is 2.54. The van der Waals surface area contributed by atoms with Crippen LogP contribution >= 0.6 is 0 Å². The number of hydrogen-bond donors (Lipinski definition) is 2. The van der Waals surface area contributed by atoms with Crippen LogP contribution in [-0.2, 0) is 14.4 Å². The van der Waals surface area contributed by atoms with E-state index in [1.54, 1.807) is 23.2 Å². The molecule has 1 fully saturated rings. The summed E-state index contributed by atoms with van der Waals surface area (Å²) < 4.78 is 0. The number of aryl methyl sites for hydroxylation is 1. The van der Waals surface area contributed by atoms with Gasteiger partial charge in [-0.3, -0.25) is 14.4 Å². The zero-order valence-corrected chi connectivity index (χ0v) is 15.5. The molecule has 1 saturated carbocycles. The Bertz CT molecular complexity index is 578. The van der Waals surface area contributed by atoms with Crippen LogP contribution in [0.2, 0.25) is 0 Å². The van der Waals surface area contributed by atoms with Gasteiger partial charge in [-0.2, -0.15) is 0 Å². The highest BCUT2D eigenvalue weighted by atomic mass is 16.2. The number of amides is 3. The number of hydrogen-bond acceptors (Lipinski definition) is 4. The summed E-state index contributed by atoms with van der Waals surface area (Å²) in [7, 11) is 5.08. The smallest absolute Gasteiger partial charge is 0.314 e. The van der Waals surface area contributed by atoms with Crippen molar-refractivity contribution in [3.63, 3.8) is 0 Å². The van der Waals surface area contributed by atoms with Gasteiger partial charge in [0, 0.05) is 33.3 Å². The first kappa shape index (κ1) is 20.6. The highest BCUT2D eigenvalue weighted by Gasteiger charge is 2.21. The van der Waals surface area contributed by atoms with E-state index >= 15 is 0 Å². The van der Waals surface area contributed by atoms with Crippen molar-refractivity contribution >= 4 is 23.5 Å². The molecule has 138 valence electrons. The number of carbonyl (C=O) groups is 3. The standard InChI is InChI=1S/C9H11N3O2.C9H17NO/c1-6-3-4-7(11-5-6)12-9(14)8(13)10-2;1-10(2)9(11)8-6-4-3-5-7-8/h3-5H,1-2H3,(H,10,13)(H,11,12,14);8H,3-7H2,1-2H3. The molecule has 1 aliphatic rings. The van der Waals surface area contributed by atoms with Crippen LogP contribution in [0.1, 0.15) is 37.7 Å². The maximum absolute atomic E-state index is 11.4. The van der Waals surface area contributed by atoms with Gasteiger partial charge in [-0.15, -0.1) is 0 Å². The number of rotatable bonds is 2. The zero-order valence-electron chi connectivity index (χ0n) is 15.5. The molecular weight excluding hydrogens is 320 g/mol. The van der Waals surface area contributed by atoms with Gasteiger partial charge in [0.15, 0.2) is 0 Å². The van der Waals surface area contributed by atoms with Gasteiger partial charge in [-0.1, -0.05) is 25.3 Å². The first-order chi connectivity index (χ1) is 11.8. The maximum atomic E-state index is 11.4. The molecular formula is C18H28N4O3. The van der Waals surface area contributed by atoms with Gasteiger partial charge < -0.3 is 15.5 Å². The van der Waals surface area contributed by atoms with Crippen LogP contribution in [-0.4, -0.2) is 48.7 Å². The monoisotopic (exact) mass is 348 g/mol. The van der Waals surface area contributed by atoms with Crippen LogP contribution in [0.5, 0.6) is 0 Å². The van der Waals surface area contributed by atoms with Crippen molar-refractivity contribution in [3.8, 4) is 0 Å². The lowest BCUT2D eigenvalue weighted by molar-refractivity contribution is -0.135. The molecule has 0 aliphatic heterocycles. The van der Waals surface area contributed by atoms with E-state index in [4.69, 9.17) is 0 Å². The van der Waals surface area contributed by atoms with Crippen molar-refractivity contribution in [1.29, 1.82) is 0 Å². The van der Waals surface area contributed by atoms with Crippen LogP contribution in [0.25, 0.3) is 0 Å². The third kappa shape index (κ3) is 7.32. The number of anilines is 1. The minimum absolute atomic E-state index is 0.324. The Morgan fingerprint density at radius 3 is 2.20 bits per heavy atom. The molecule has 2 N–H and O–H groups in total. The Morgan fingerprint density at radius 1 is 1.08 bits per heavy atom. The molecule has 1 aliphatic carbocycles. The Labute approximate surface area is 149 Å². The molecule has 0 aromatic carbocycles. The van der Waals surface area contributed by atoms with E-state index in [0.29, 0.717) is 17.6 Å². The van der Waals surface area contributed by atoms with Crippen LogP contribution in [0.4, 0.5) is 5.82 Å². The molecule has 2 rings (SSSR count). The van der Waals surface area contributed by atoms with Crippen LogP contribution < -0.4 is 10.6 Å². The van der Waals surface area contributed by atoms with E-state index < -0.39 is 11.8 Å². The predicted molar refractivity (Wildman–Crippen MR) is 96.9 cm³/mol. The average Bonchev–Trinajstić information content (AvgIpc) is 2.63. The van der Waals surface area contributed by atoms with Gasteiger partial charge in [0.05, 0.1) is 0 Å². The number of nitrogens with one attached hydrogen (secondary N) is 2. The quantitative estimate of drug-likeness (QED) is 0.796. The number of carbonyl (C=O) groups excluding carboxylic acids is 3. The van der Waals surface area contributed by atoms with E-state index in [1.165, 1.54) is 26.3 Å². The third-order valence-electron chi connectivity index (χ3n) is 3.98. The SMILES string of the molecule is CN(C)C(=O)C1CCCCC1.CNC(=O)C(=O)Nc1ccc(C)cn1. The summed E-state index contributed by atoms with van der Waals surface area (Å²) in [6, 6.07) is 3.43. The predicted octanol–water partition coefficient (Wildman–Crippen LogP) is 1.73. The van der Waals surface area contributed by atoms with Crippen LogP contribution in [0, 0.1) is 12.8 Å². The Balaban J connectivity index is 0.000000257. The van der Waals surface area contributed by atoms with Crippen LogP contribution in [0.15, 0.2) is 18.3 Å². The molecule has 1 heterocycles. The van der Waals surface area contributed by atoms with Gasteiger partial charge >= 0.3 is 11.8 Å². The summed E-state index contributed by atoms with van der Waals surface area (Å²) in [6.45, 7) is 1.89. The molecule has 25 heavy (non-hydrogen) atoms. The van der Waals surface area contributed by atoms with Gasteiger partial charge in [-0.25, -0.2) is 4.98 Å². The Morgan fingerprint density at radius 2 is 1.72 bits per heavy atom. The molecule has 7 nitrogen and oxygen atoms in total. The van der Waals surface area contributed by atoms with Crippen molar-refractivity contribution in [1.82, 2.24) is 15.2 Å². The summed E-state index contributed by atoms with van der Waals surface area (Å²) in [4.78, 5) is 39.0. The zero-order chi connectivity index (χ0) is 18.8. The largest absolute Gasteiger partial charge is 0.351 e. The van der Waals surface area contributed by atoms with E-state index in [-0.39, 0.29) is 0 Å². The van der Waals surface area contributed by atoms with Crippen molar-refractivity contribution in [2.45, 2.75) is 39.0 Å². The van der Waals surface area contributed by atoms with E-state index in [0.717, 1.165) is 18.4 Å². The topological polar surface area (TPSA) is 91.4 Å². The minimum Gasteiger partial charge on any atom is -0.351 e. The van der Waals surface area contributed by atoms with Crippen molar-refractivity contribution < 1.29 is 14.4 Å². The number of aromatic nitrogens is 1. The molecule has 0 radical (unpaired) electrons. The molecule has 1 aromatic rings. The number of likely N-dealkylation sites (N-methyl/N-ethyl adjacent to an activating group) is 1. The second-order valence-corrected chi connectivity index (χ2v) is 6.32. The second-order valence-electron chi connectivity index (χ2n) is 6.32. The molecule has 0 saturated heterocycles. The van der Waals surface area contributed by atoms with Gasteiger partial charge in [0.25, 0.3) is 0 Å².